The second-order valence-electron chi connectivity index (χ2n) is 3.07. The standard InChI is InChI=1S/C10H8ClIN4/c11-8-5-9(16-10(13)15-8)14-7-3-1-6(12)2-4-7/h1-5H,(H3,13,14,15,16). The van der Waals surface area contributed by atoms with E-state index in [1.807, 2.05) is 24.3 Å². The summed E-state index contributed by atoms with van der Waals surface area (Å²) in [6, 6.07) is 9.52. The van der Waals surface area contributed by atoms with Gasteiger partial charge in [0.2, 0.25) is 5.95 Å². The number of anilines is 3. The average Bonchev–Trinajstić information content (AvgIpc) is 2.20. The number of nitrogens with one attached hydrogen (secondary N) is 1. The lowest BCUT2D eigenvalue weighted by Crippen LogP contribution is -1.99. The number of hydrogen-bond acceptors (Lipinski definition) is 4. The van der Waals surface area contributed by atoms with Gasteiger partial charge in [0.1, 0.15) is 11.0 Å². The van der Waals surface area contributed by atoms with Gasteiger partial charge in [0, 0.05) is 15.3 Å². The molecule has 0 bridgehead atoms. The maximum atomic E-state index is 5.77. The van der Waals surface area contributed by atoms with E-state index in [9.17, 15) is 0 Å². The molecule has 1 aromatic heterocycles. The van der Waals surface area contributed by atoms with Crippen LogP contribution >= 0.6 is 34.2 Å². The largest absolute Gasteiger partial charge is 0.368 e. The Hall–Kier alpha value is -1.08. The Kier molecular flexibility index (Phi) is 3.45. The first-order chi connectivity index (χ1) is 7.63. The van der Waals surface area contributed by atoms with Crippen LogP contribution in [0.15, 0.2) is 30.3 Å². The maximum Gasteiger partial charge on any atom is 0.223 e. The van der Waals surface area contributed by atoms with Crippen molar-refractivity contribution in [3.05, 3.63) is 39.1 Å². The number of nitrogens with two attached hydrogens (primary N) is 1. The number of halogens is 2. The van der Waals surface area contributed by atoms with Crippen molar-refractivity contribution in [3.8, 4) is 0 Å². The summed E-state index contributed by atoms with van der Waals surface area (Å²) in [5.41, 5.74) is 6.41. The zero-order valence-electron chi connectivity index (χ0n) is 8.11. The van der Waals surface area contributed by atoms with Crippen LogP contribution < -0.4 is 11.1 Å². The molecule has 0 spiro atoms. The molecular formula is C10H8ClIN4. The molecule has 1 heterocycles. The molecule has 1 aromatic carbocycles. The summed E-state index contributed by atoms with van der Waals surface area (Å²) in [5.74, 6) is 0.735. The number of aromatic nitrogens is 2. The number of nitrogen functional groups attached to an aromatic ring is 1. The van der Waals surface area contributed by atoms with Crippen molar-refractivity contribution in [2.45, 2.75) is 0 Å². The number of hydrogen-bond donors (Lipinski definition) is 2. The molecule has 0 radical (unpaired) electrons. The van der Waals surface area contributed by atoms with E-state index in [-0.39, 0.29) is 5.95 Å². The molecule has 0 atom stereocenters. The molecule has 82 valence electrons. The van der Waals surface area contributed by atoms with Crippen LogP contribution in [-0.2, 0) is 0 Å². The molecule has 0 aliphatic carbocycles. The van der Waals surface area contributed by atoms with E-state index >= 15 is 0 Å². The normalized spacial score (nSPS) is 10.1. The number of nitrogens with zero attached hydrogens (tertiary/aromatic N) is 2. The van der Waals surface area contributed by atoms with Crippen molar-refractivity contribution >= 4 is 51.6 Å². The summed E-state index contributed by atoms with van der Waals surface area (Å²) in [6.07, 6.45) is 0. The quantitative estimate of drug-likeness (QED) is 0.648. The Balaban J connectivity index is 2.23. The van der Waals surface area contributed by atoms with Crippen LogP contribution in [0.25, 0.3) is 0 Å². The third-order valence-corrected chi connectivity index (χ3v) is 2.74. The number of rotatable bonds is 2. The fraction of sp³-hybridized carbons (Fsp3) is 0. The lowest BCUT2D eigenvalue weighted by Gasteiger charge is -2.06. The molecule has 0 fully saturated rings. The Labute approximate surface area is 111 Å². The first-order valence-corrected chi connectivity index (χ1v) is 5.92. The molecule has 0 aliphatic heterocycles. The van der Waals surface area contributed by atoms with Crippen LogP contribution in [0.5, 0.6) is 0 Å². The highest BCUT2D eigenvalue weighted by atomic mass is 127. The molecule has 16 heavy (non-hydrogen) atoms. The minimum atomic E-state index is 0.153. The lowest BCUT2D eigenvalue weighted by atomic mass is 10.3. The maximum absolute atomic E-state index is 5.77. The minimum Gasteiger partial charge on any atom is -0.368 e. The van der Waals surface area contributed by atoms with Gasteiger partial charge in [-0.05, 0) is 46.9 Å². The van der Waals surface area contributed by atoms with Crippen molar-refractivity contribution in [1.82, 2.24) is 9.97 Å². The van der Waals surface area contributed by atoms with Gasteiger partial charge < -0.3 is 11.1 Å². The Bertz CT molecular complexity index is 480. The molecule has 0 amide bonds. The highest BCUT2D eigenvalue weighted by Gasteiger charge is 2.00. The van der Waals surface area contributed by atoms with E-state index in [1.54, 1.807) is 6.07 Å². The Morgan fingerprint density at radius 1 is 1.19 bits per heavy atom. The third-order valence-electron chi connectivity index (χ3n) is 1.83. The van der Waals surface area contributed by atoms with Gasteiger partial charge >= 0.3 is 0 Å². The van der Waals surface area contributed by atoms with Crippen molar-refractivity contribution in [2.75, 3.05) is 11.1 Å². The van der Waals surface area contributed by atoms with Gasteiger partial charge in [0.25, 0.3) is 0 Å². The van der Waals surface area contributed by atoms with E-state index in [1.165, 1.54) is 3.57 Å². The van der Waals surface area contributed by atoms with Crippen LogP contribution in [0.4, 0.5) is 17.5 Å². The van der Waals surface area contributed by atoms with E-state index in [2.05, 4.69) is 37.9 Å². The average molecular weight is 347 g/mol. The van der Waals surface area contributed by atoms with Gasteiger partial charge in [0.15, 0.2) is 0 Å². The third kappa shape index (κ3) is 2.96. The van der Waals surface area contributed by atoms with Gasteiger partial charge in [-0.2, -0.15) is 4.98 Å². The smallest absolute Gasteiger partial charge is 0.223 e. The summed E-state index contributed by atoms with van der Waals surface area (Å²) >= 11 is 8.01. The van der Waals surface area contributed by atoms with Crippen LogP contribution in [0, 0.1) is 3.57 Å². The van der Waals surface area contributed by atoms with E-state index in [0.717, 1.165) is 5.69 Å². The predicted octanol–water partition coefficient (Wildman–Crippen LogP) is 3.06. The fourth-order valence-electron chi connectivity index (χ4n) is 1.18. The SMILES string of the molecule is Nc1nc(Cl)cc(Nc2ccc(I)cc2)n1. The predicted molar refractivity (Wildman–Crippen MR) is 73.9 cm³/mol. The highest BCUT2D eigenvalue weighted by Crippen LogP contribution is 2.18. The van der Waals surface area contributed by atoms with E-state index in [4.69, 9.17) is 17.3 Å². The zero-order chi connectivity index (χ0) is 11.5. The molecule has 0 saturated heterocycles. The highest BCUT2D eigenvalue weighted by molar-refractivity contribution is 14.1. The minimum absolute atomic E-state index is 0.153. The van der Waals surface area contributed by atoms with Crippen molar-refractivity contribution in [1.29, 1.82) is 0 Å². The summed E-state index contributed by atoms with van der Waals surface area (Å²) in [4.78, 5) is 7.80. The molecule has 4 nitrogen and oxygen atoms in total. The second kappa shape index (κ2) is 4.84. The molecule has 2 aromatic rings. The number of benzene rings is 1. The van der Waals surface area contributed by atoms with Crippen molar-refractivity contribution in [2.24, 2.45) is 0 Å². The van der Waals surface area contributed by atoms with Crippen LogP contribution in [0.2, 0.25) is 5.15 Å². The molecular weight excluding hydrogens is 338 g/mol. The van der Waals surface area contributed by atoms with E-state index in [0.29, 0.717) is 11.0 Å². The molecule has 2 rings (SSSR count). The van der Waals surface area contributed by atoms with Crippen LogP contribution in [0.3, 0.4) is 0 Å². The van der Waals surface area contributed by atoms with Gasteiger partial charge in [-0.1, -0.05) is 11.6 Å². The topological polar surface area (TPSA) is 63.8 Å². The fourth-order valence-corrected chi connectivity index (χ4v) is 1.73. The summed E-state index contributed by atoms with van der Waals surface area (Å²) in [6.45, 7) is 0. The van der Waals surface area contributed by atoms with Gasteiger partial charge in [-0.15, -0.1) is 0 Å². The molecule has 0 aliphatic rings. The molecule has 3 N–H and O–H groups in total. The molecule has 6 heteroatoms. The lowest BCUT2D eigenvalue weighted by molar-refractivity contribution is 1.18. The summed E-state index contributed by atoms with van der Waals surface area (Å²) in [5, 5.41) is 3.41. The van der Waals surface area contributed by atoms with Crippen LogP contribution in [-0.4, -0.2) is 9.97 Å². The second-order valence-corrected chi connectivity index (χ2v) is 4.70. The first-order valence-electron chi connectivity index (χ1n) is 4.46. The summed E-state index contributed by atoms with van der Waals surface area (Å²) < 4.78 is 1.17. The monoisotopic (exact) mass is 346 g/mol. The Morgan fingerprint density at radius 3 is 2.50 bits per heavy atom. The first kappa shape index (κ1) is 11.4. The molecule has 0 unspecified atom stereocenters. The zero-order valence-corrected chi connectivity index (χ0v) is 11.0. The van der Waals surface area contributed by atoms with Gasteiger partial charge in [-0.25, -0.2) is 4.98 Å². The van der Waals surface area contributed by atoms with Crippen molar-refractivity contribution in [3.63, 3.8) is 0 Å². The van der Waals surface area contributed by atoms with Crippen molar-refractivity contribution < 1.29 is 0 Å². The Morgan fingerprint density at radius 2 is 1.88 bits per heavy atom. The summed E-state index contributed by atoms with van der Waals surface area (Å²) in [7, 11) is 0. The van der Waals surface area contributed by atoms with Gasteiger partial charge in [0.05, 0.1) is 0 Å². The molecule has 0 saturated carbocycles. The van der Waals surface area contributed by atoms with Crippen LogP contribution in [0.1, 0.15) is 0 Å². The van der Waals surface area contributed by atoms with Gasteiger partial charge in [-0.3, -0.25) is 0 Å². The van der Waals surface area contributed by atoms with E-state index < -0.39 is 0 Å².